The molecule has 1 unspecified atom stereocenters. The number of hydrogen-bond acceptors (Lipinski definition) is 4. The van der Waals surface area contributed by atoms with Crippen molar-refractivity contribution in [3.63, 3.8) is 0 Å². The fourth-order valence-electron chi connectivity index (χ4n) is 2.11. The Kier molecular flexibility index (Phi) is 5.48. The first-order chi connectivity index (χ1) is 9.28. The van der Waals surface area contributed by atoms with E-state index in [1.807, 2.05) is 12.1 Å². The predicted octanol–water partition coefficient (Wildman–Crippen LogP) is 2.22. The van der Waals surface area contributed by atoms with Gasteiger partial charge in [0.2, 0.25) is 0 Å². The first-order valence-corrected chi connectivity index (χ1v) is 7.05. The summed E-state index contributed by atoms with van der Waals surface area (Å²) in [6.07, 6.45) is 1.31. The van der Waals surface area contributed by atoms with Crippen LogP contribution in [0.5, 0.6) is 5.75 Å². The summed E-state index contributed by atoms with van der Waals surface area (Å²) < 4.78 is 11.3. The quantitative estimate of drug-likeness (QED) is 0.854. The van der Waals surface area contributed by atoms with Crippen LogP contribution < -0.4 is 10.1 Å². The van der Waals surface area contributed by atoms with Gasteiger partial charge in [-0.25, -0.2) is 0 Å². The van der Waals surface area contributed by atoms with Gasteiger partial charge < -0.3 is 19.7 Å². The van der Waals surface area contributed by atoms with Crippen molar-refractivity contribution in [2.24, 2.45) is 0 Å². The number of anilines is 1. The van der Waals surface area contributed by atoms with E-state index < -0.39 is 0 Å². The third-order valence-electron chi connectivity index (χ3n) is 3.20. The number of hydrogen-bond donors (Lipinski definition) is 1. The lowest BCUT2D eigenvalue weighted by Gasteiger charge is -2.30. The van der Waals surface area contributed by atoms with Crippen LogP contribution in [-0.4, -0.2) is 50.9 Å². The van der Waals surface area contributed by atoms with Crippen LogP contribution in [0.1, 0.15) is 13.3 Å². The molecule has 0 saturated carbocycles. The zero-order chi connectivity index (χ0) is 13.5. The molecule has 0 amide bonds. The maximum atomic E-state index is 5.72. The van der Waals surface area contributed by atoms with E-state index >= 15 is 0 Å². The molecule has 1 saturated heterocycles. The van der Waals surface area contributed by atoms with Gasteiger partial charge in [0, 0.05) is 25.3 Å². The van der Waals surface area contributed by atoms with Crippen molar-refractivity contribution in [3.8, 4) is 5.75 Å². The largest absolute Gasteiger partial charge is 0.494 e. The molecule has 0 radical (unpaired) electrons. The van der Waals surface area contributed by atoms with Crippen molar-refractivity contribution in [1.82, 2.24) is 4.90 Å². The van der Waals surface area contributed by atoms with Gasteiger partial charge in [0.15, 0.2) is 0 Å². The van der Waals surface area contributed by atoms with Crippen LogP contribution >= 0.6 is 0 Å². The average molecular weight is 264 g/mol. The third-order valence-corrected chi connectivity index (χ3v) is 3.20. The van der Waals surface area contributed by atoms with Gasteiger partial charge in [-0.05, 0) is 37.7 Å². The van der Waals surface area contributed by atoms with Gasteiger partial charge in [-0.2, -0.15) is 0 Å². The van der Waals surface area contributed by atoms with Gasteiger partial charge in [-0.15, -0.1) is 0 Å². The predicted molar refractivity (Wildman–Crippen MR) is 78.0 cm³/mol. The molecule has 1 atom stereocenters. The summed E-state index contributed by atoms with van der Waals surface area (Å²) in [4.78, 5) is 2.30. The van der Waals surface area contributed by atoms with Gasteiger partial charge in [-0.1, -0.05) is 6.92 Å². The van der Waals surface area contributed by atoms with E-state index in [9.17, 15) is 0 Å². The third kappa shape index (κ3) is 4.73. The Labute approximate surface area is 115 Å². The topological polar surface area (TPSA) is 33.7 Å². The monoisotopic (exact) mass is 264 g/mol. The Hall–Kier alpha value is -1.26. The van der Waals surface area contributed by atoms with Crippen LogP contribution in [0, 0.1) is 0 Å². The molecule has 1 N–H and O–H groups in total. The molecule has 1 aliphatic heterocycles. The van der Waals surface area contributed by atoms with Crippen LogP contribution in [0.3, 0.4) is 0 Å². The minimum Gasteiger partial charge on any atom is -0.494 e. The molecule has 0 bridgehead atoms. The number of nitrogens with one attached hydrogen (secondary N) is 1. The fourth-order valence-corrected chi connectivity index (χ4v) is 2.11. The molecule has 106 valence electrons. The van der Waals surface area contributed by atoms with Crippen molar-refractivity contribution in [2.75, 3.05) is 45.2 Å². The summed E-state index contributed by atoms with van der Waals surface area (Å²) in [6.45, 7) is 6.57. The maximum Gasteiger partial charge on any atom is 0.119 e. The Balaban J connectivity index is 1.76. The van der Waals surface area contributed by atoms with E-state index in [-0.39, 0.29) is 6.10 Å². The Morgan fingerprint density at radius 1 is 1.37 bits per heavy atom. The molecule has 1 fully saturated rings. The highest BCUT2D eigenvalue weighted by Gasteiger charge is 2.16. The van der Waals surface area contributed by atoms with E-state index in [1.165, 1.54) is 0 Å². The minimum absolute atomic E-state index is 0.273. The molecule has 0 aromatic heterocycles. The molecule has 0 spiro atoms. The molecular weight excluding hydrogens is 240 g/mol. The summed E-state index contributed by atoms with van der Waals surface area (Å²) in [6, 6.07) is 8.12. The lowest BCUT2D eigenvalue weighted by Crippen LogP contribution is -2.43. The molecule has 1 heterocycles. The van der Waals surface area contributed by atoms with Crippen molar-refractivity contribution >= 4 is 5.69 Å². The van der Waals surface area contributed by atoms with Crippen LogP contribution in [0.15, 0.2) is 24.3 Å². The second-order valence-electron chi connectivity index (χ2n) is 5.01. The second-order valence-corrected chi connectivity index (χ2v) is 5.01. The zero-order valence-corrected chi connectivity index (χ0v) is 11.9. The number of nitrogens with zero attached hydrogens (tertiary/aromatic N) is 1. The minimum atomic E-state index is 0.273. The zero-order valence-electron chi connectivity index (χ0n) is 11.9. The molecule has 1 aromatic carbocycles. The highest BCUT2D eigenvalue weighted by molar-refractivity contribution is 5.46. The van der Waals surface area contributed by atoms with Gasteiger partial charge in [-0.3, -0.25) is 0 Å². The SMILES string of the molecule is CCCOc1ccc(NCC2CN(C)CCO2)cc1. The number of rotatable bonds is 6. The van der Waals surface area contributed by atoms with Crippen molar-refractivity contribution in [1.29, 1.82) is 0 Å². The van der Waals surface area contributed by atoms with Crippen LogP contribution in [-0.2, 0) is 4.74 Å². The fraction of sp³-hybridized carbons (Fsp3) is 0.600. The Morgan fingerprint density at radius 2 is 2.16 bits per heavy atom. The summed E-state index contributed by atoms with van der Waals surface area (Å²) >= 11 is 0. The van der Waals surface area contributed by atoms with Crippen LogP contribution in [0.4, 0.5) is 5.69 Å². The van der Waals surface area contributed by atoms with Crippen molar-refractivity contribution in [2.45, 2.75) is 19.4 Å². The number of likely N-dealkylation sites (N-methyl/N-ethyl adjacent to an activating group) is 1. The first-order valence-electron chi connectivity index (χ1n) is 7.05. The second kappa shape index (κ2) is 7.36. The first kappa shape index (κ1) is 14.2. The highest BCUT2D eigenvalue weighted by atomic mass is 16.5. The lowest BCUT2D eigenvalue weighted by molar-refractivity contribution is -0.0117. The van der Waals surface area contributed by atoms with Gasteiger partial charge in [0.25, 0.3) is 0 Å². The van der Waals surface area contributed by atoms with Crippen LogP contribution in [0.2, 0.25) is 0 Å². The smallest absolute Gasteiger partial charge is 0.119 e. The molecule has 19 heavy (non-hydrogen) atoms. The molecule has 2 rings (SSSR count). The molecule has 0 aliphatic carbocycles. The summed E-state index contributed by atoms with van der Waals surface area (Å²) in [7, 11) is 2.13. The van der Waals surface area contributed by atoms with Crippen molar-refractivity contribution in [3.05, 3.63) is 24.3 Å². The normalized spacial score (nSPS) is 20.2. The Bertz CT molecular complexity index is 367. The number of benzene rings is 1. The van der Waals surface area contributed by atoms with E-state index in [1.54, 1.807) is 0 Å². The van der Waals surface area contributed by atoms with E-state index in [0.29, 0.717) is 0 Å². The van der Waals surface area contributed by atoms with Crippen molar-refractivity contribution < 1.29 is 9.47 Å². The van der Waals surface area contributed by atoms with E-state index in [0.717, 1.165) is 50.7 Å². The molecular formula is C15H24N2O2. The molecule has 4 heteroatoms. The summed E-state index contributed by atoms with van der Waals surface area (Å²) in [5.41, 5.74) is 1.11. The molecule has 4 nitrogen and oxygen atoms in total. The van der Waals surface area contributed by atoms with E-state index in [4.69, 9.17) is 9.47 Å². The summed E-state index contributed by atoms with van der Waals surface area (Å²) in [5.74, 6) is 0.932. The number of ether oxygens (including phenoxy) is 2. The number of morpholine rings is 1. The molecule has 1 aliphatic rings. The standard InChI is InChI=1S/C15H24N2O2/c1-3-9-18-14-6-4-13(5-7-14)16-11-15-12-17(2)8-10-19-15/h4-7,15-16H,3,8-12H2,1-2H3. The Morgan fingerprint density at radius 3 is 2.84 bits per heavy atom. The molecule has 1 aromatic rings. The van der Waals surface area contributed by atoms with Gasteiger partial charge >= 0.3 is 0 Å². The summed E-state index contributed by atoms with van der Waals surface area (Å²) in [5, 5.41) is 3.41. The highest BCUT2D eigenvalue weighted by Crippen LogP contribution is 2.16. The van der Waals surface area contributed by atoms with Gasteiger partial charge in [0.05, 0.1) is 19.3 Å². The maximum absolute atomic E-state index is 5.72. The van der Waals surface area contributed by atoms with Crippen LogP contribution in [0.25, 0.3) is 0 Å². The van der Waals surface area contributed by atoms with E-state index in [2.05, 4.69) is 36.3 Å². The van der Waals surface area contributed by atoms with Gasteiger partial charge in [0.1, 0.15) is 5.75 Å². The average Bonchev–Trinajstić information content (AvgIpc) is 2.44. The lowest BCUT2D eigenvalue weighted by atomic mass is 10.2.